The highest BCUT2D eigenvalue weighted by atomic mass is 16.5. The van der Waals surface area contributed by atoms with Crippen molar-refractivity contribution in [2.24, 2.45) is 5.92 Å². The summed E-state index contributed by atoms with van der Waals surface area (Å²) in [6.45, 7) is 8.60. The van der Waals surface area contributed by atoms with Crippen LogP contribution < -0.4 is 0 Å². The molecule has 0 saturated heterocycles. The summed E-state index contributed by atoms with van der Waals surface area (Å²) >= 11 is 0. The maximum absolute atomic E-state index is 8.03. The third-order valence-corrected chi connectivity index (χ3v) is 3.79. The van der Waals surface area contributed by atoms with Crippen LogP contribution in [-0.2, 0) is 10.2 Å². The second-order valence-electron chi connectivity index (χ2n) is 6.82. The van der Waals surface area contributed by atoms with Gasteiger partial charge in [0, 0.05) is 11.1 Å². The van der Waals surface area contributed by atoms with Crippen molar-refractivity contribution in [2.75, 3.05) is 0 Å². The van der Waals surface area contributed by atoms with Gasteiger partial charge in [-0.25, -0.2) is 0 Å². The molecular weight excluding hydrogens is 272 g/mol. The van der Waals surface area contributed by atoms with E-state index in [1.165, 1.54) is 5.56 Å². The van der Waals surface area contributed by atoms with Gasteiger partial charge in [-0.05, 0) is 35.4 Å². The van der Waals surface area contributed by atoms with Gasteiger partial charge in [-0.3, -0.25) is 10.8 Å². The fourth-order valence-corrected chi connectivity index (χ4v) is 2.24. The van der Waals surface area contributed by atoms with Crippen LogP contribution in [0.5, 0.6) is 0 Å². The summed E-state index contributed by atoms with van der Waals surface area (Å²) in [6, 6.07) is 7.78. The van der Waals surface area contributed by atoms with E-state index in [0.717, 1.165) is 12.0 Å². The molecule has 3 nitrogen and oxygen atoms in total. The highest BCUT2D eigenvalue weighted by Crippen LogP contribution is 2.22. The topological polar surface area (TPSA) is 56.9 Å². The van der Waals surface area contributed by atoms with Gasteiger partial charge in [-0.2, -0.15) is 0 Å². The second kappa shape index (κ2) is 6.30. The van der Waals surface area contributed by atoms with E-state index in [9.17, 15) is 0 Å². The van der Waals surface area contributed by atoms with E-state index >= 15 is 0 Å². The Morgan fingerprint density at radius 1 is 1.09 bits per heavy atom. The molecule has 3 heteroatoms. The zero-order valence-electron chi connectivity index (χ0n) is 13.7. The summed E-state index contributed by atoms with van der Waals surface area (Å²) in [5.41, 5.74) is 2.73. The zero-order chi connectivity index (χ0) is 16.3. The van der Waals surface area contributed by atoms with Gasteiger partial charge in [-0.15, -0.1) is 0 Å². The maximum Gasteiger partial charge on any atom is 0.221 e. The van der Waals surface area contributed by atoms with Crippen molar-refractivity contribution in [3.05, 3.63) is 59.2 Å². The van der Waals surface area contributed by atoms with Crippen molar-refractivity contribution in [2.45, 2.75) is 39.5 Å². The Bertz CT molecular complexity index is 630. The Morgan fingerprint density at radius 3 is 2.23 bits per heavy atom. The Balaban J connectivity index is 2.03. The summed E-state index contributed by atoms with van der Waals surface area (Å²) in [4.78, 5) is 0. The second-order valence-corrected chi connectivity index (χ2v) is 6.82. The molecule has 0 aromatic heterocycles. The molecule has 0 radical (unpaired) electrons. The Labute approximate surface area is 132 Å². The van der Waals surface area contributed by atoms with Gasteiger partial charge >= 0.3 is 0 Å². The average Bonchev–Trinajstić information content (AvgIpc) is 2.47. The van der Waals surface area contributed by atoms with Crippen LogP contribution in [0.15, 0.2) is 48.1 Å². The molecule has 0 saturated carbocycles. The van der Waals surface area contributed by atoms with Crippen LogP contribution in [-0.4, -0.2) is 11.8 Å². The molecule has 1 aromatic rings. The molecule has 0 spiro atoms. The van der Waals surface area contributed by atoms with Crippen molar-refractivity contribution < 1.29 is 4.74 Å². The Hall–Kier alpha value is -2.16. The molecule has 0 heterocycles. The van der Waals surface area contributed by atoms with Crippen LogP contribution >= 0.6 is 0 Å². The smallest absolute Gasteiger partial charge is 0.221 e. The van der Waals surface area contributed by atoms with E-state index in [4.69, 9.17) is 15.6 Å². The van der Waals surface area contributed by atoms with Crippen LogP contribution in [0, 0.1) is 16.7 Å². The predicted molar refractivity (Wildman–Crippen MR) is 91.8 cm³/mol. The molecule has 0 bridgehead atoms. The standard InChI is InChI=1S/C19H24N2O/c1-13-5-7-14(8-6-13)17(20)22-18(21)15-9-11-16(12-10-15)19(2,3)4/h5,7-13,20-21H,6H2,1-4H3. The summed E-state index contributed by atoms with van der Waals surface area (Å²) in [7, 11) is 0. The molecule has 0 aliphatic heterocycles. The van der Waals surface area contributed by atoms with Crippen molar-refractivity contribution in [1.82, 2.24) is 0 Å². The molecule has 22 heavy (non-hydrogen) atoms. The number of rotatable bonds is 2. The number of allylic oxidation sites excluding steroid dienone is 2. The van der Waals surface area contributed by atoms with E-state index in [1.807, 2.05) is 36.4 Å². The highest BCUT2D eigenvalue weighted by Gasteiger charge is 2.15. The third-order valence-electron chi connectivity index (χ3n) is 3.79. The van der Waals surface area contributed by atoms with Crippen LogP contribution in [0.25, 0.3) is 0 Å². The largest absolute Gasteiger partial charge is 0.421 e. The minimum Gasteiger partial charge on any atom is -0.421 e. The van der Waals surface area contributed by atoms with Gasteiger partial charge in [0.2, 0.25) is 11.8 Å². The van der Waals surface area contributed by atoms with Crippen LogP contribution in [0.3, 0.4) is 0 Å². The lowest BCUT2D eigenvalue weighted by atomic mass is 9.87. The predicted octanol–water partition coefficient (Wildman–Crippen LogP) is 4.83. The number of ether oxygens (including phenoxy) is 1. The number of benzene rings is 1. The fourth-order valence-electron chi connectivity index (χ4n) is 2.24. The molecule has 2 N–H and O–H groups in total. The fraction of sp³-hybridized carbons (Fsp3) is 0.368. The molecule has 116 valence electrons. The van der Waals surface area contributed by atoms with Crippen molar-refractivity contribution in [1.29, 1.82) is 10.8 Å². The van der Waals surface area contributed by atoms with E-state index in [1.54, 1.807) is 0 Å². The molecular formula is C19H24N2O. The molecule has 1 unspecified atom stereocenters. The van der Waals surface area contributed by atoms with Gasteiger partial charge in [0.1, 0.15) is 0 Å². The first kappa shape index (κ1) is 16.2. The monoisotopic (exact) mass is 296 g/mol. The lowest BCUT2D eigenvalue weighted by molar-refractivity contribution is 0.536. The molecule has 1 aliphatic carbocycles. The number of hydrogen-bond donors (Lipinski definition) is 2. The van der Waals surface area contributed by atoms with Crippen molar-refractivity contribution in [3.63, 3.8) is 0 Å². The molecule has 0 amide bonds. The van der Waals surface area contributed by atoms with Gasteiger partial charge < -0.3 is 4.74 Å². The SMILES string of the molecule is CC1C=CC(C(=N)OC(=N)c2ccc(C(C)(C)C)cc2)=CC1. The van der Waals surface area contributed by atoms with Crippen LogP contribution in [0.2, 0.25) is 0 Å². The first-order chi connectivity index (χ1) is 10.3. The lowest BCUT2D eigenvalue weighted by Crippen LogP contribution is -2.15. The summed E-state index contributed by atoms with van der Waals surface area (Å²) in [5.74, 6) is 0.548. The summed E-state index contributed by atoms with van der Waals surface area (Å²) in [6.07, 6.45) is 6.86. The first-order valence-corrected chi connectivity index (χ1v) is 7.62. The Kier molecular flexibility index (Phi) is 4.65. The molecule has 1 aromatic carbocycles. The lowest BCUT2D eigenvalue weighted by Gasteiger charge is -2.19. The average molecular weight is 296 g/mol. The van der Waals surface area contributed by atoms with E-state index in [0.29, 0.717) is 11.5 Å². The number of nitrogens with one attached hydrogen (secondary N) is 2. The van der Waals surface area contributed by atoms with Crippen LogP contribution in [0.4, 0.5) is 0 Å². The quantitative estimate of drug-likeness (QED) is 0.596. The molecule has 2 rings (SSSR count). The third kappa shape index (κ3) is 3.94. The highest BCUT2D eigenvalue weighted by molar-refractivity contribution is 6.05. The van der Waals surface area contributed by atoms with Gasteiger partial charge in [0.15, 0.2) is 0 Å². The molecule has 1 atom stereocenters. The minimum atomic E-state index is 0.0124. The Morgan fingerprint density at radius 2 is 1.73 bits per heavy atom. The van der Waals surface area contributed by atoms with E-state index in [-0.39, 0.29) is 17.2 Å². The molecule has 0 fully saturated rings. The number of hydrogen-bond acceptors (Lipinski definition) is 3. The zero-order valence-corrected chi connectivity index (χ0v) is 13.7. The molecule has 1 aliphatic rings. The van der Waals surface area contributed by atoms with Crippen molar-refractivity contribution in [3.8, 4) is 0 Å². The summed E-state index contributed by atoms with van der Waals surface area (Å²) in [5, 5.41) is 16.0. The maximum atomic E-state index is 8.03. The van der Waals surface area contributed by atoms with Crippen LogP contribution in [0.1, 0.15) is 45.2 Å². The summed E-state index contributed by atoms with van der Waals surface area (Å²) < 4.78 is 5.38. The van der Waals surface area contributed by atoms with Gasteiger partial charge in [0.25, 0.3) is 0 Å². The minimum absolute atomic E-state index is 0.0124. The first-order valence-electron chi connectivity index (χ1n) is 7.62. The van der Waals surface area contributed by atoms with Gasteiger partial charge in [-0.1, -0.05) is 58.1 Å². The normalized spacial score (nSPS) is 17.8. The van der Waals surface area contributed by atoms with E-state index < -0.39 is 0 Å². The van der Waals surface area contributed by atoms with Gasteiger partial charge in [0.05, 0.1) is 0 Å². The van der Waals surface area contributed by atoms with E-state index in [2.05, 4.69) is 33.8 Å². The van der Waals surface area contributed by atoms with Crippen molar-refractivity contribution >= 4 is 11.8 Å².